The minimum Gasteiger partial charge on any atom is -0.293 e. The molecule has 4 heteroatoms. The van der Waals surface area contributed by atoms with E-state index in [1.54, 1.807) is 0 Å². The smallest absolute Gasteiger partial charge is 0.173 e. The van der Waals surface area contributed by atoms with E-state index in [1.807, 2.05) is 30.3 Å². The summed E-state index contributed by atoms with van der Waals surface area (Å²) in [5, 5.41) is 0. The monoisotopic (exact) mass is 264 g/mol. The van der Waals surface area contributed by atoms with Crippen LogP contribution in [0.2, 0.25) is 0 Å². The molecule has 0 saturated carbocycles. The number of hydrogen-bond acceptors (Lipinski definition) is 2. The van der Waals surface area contributed by atoms with Gasteiger partial charge in [-0.2, -0.15) is 0 Å². The maximum atomic E-state index is 13.0. The van der Waals surface area contributed by atoms with E-state index in [9.17, 15) is 13.6 Å². The average molecular weight is 264 g/mol. The van der Waals surface area contributed by atoms with Crippen molar-refractivity contribution in [1.29, 1.82) is 0 Å². The lowest BCUT2D eigenvalue weighted by Crippen LogP contribution is -2.03. The zero-order valence-electron chi connectivity index (χ0n) is 9.40. The molecule has 0 aromatic heterocycles. The lowest BCUT2D eigenvalue weighted by molar-refractivity contribution is 0.102. The number of rotatable bonds is 4. The molecule has 0 heterocycles. The Morgan fingerprint density at radius 3 is 2.39 bits per heavy atom. The largest absolute Gasteiger partial charge is 0.293 e. The molecule has 0 N–H and O–H groups in total. The second-order valence-electron chi connectivity index (χ2n) is 3.65. The summed E-state index contributed by atoms with van der Waals surface area (Å²) in [6.45, 7) is 0. The summed E-state index contributed by atoms with van der Waals surface area (Å²) < 4.78 is 25.7. The molecule has 1 nitrogen and oxygen atoms in total. The second kappa shape index (κ2) is 5.78. The highest BCUT2D eigenvalue weighted by atomic mass is 32.2. The first-order valence-corrected chi connectivity index (χ1v) is 6.31. The van der Waals surface area contributed by atoms with Gasteiger partial charge in [-0.1, -0.05) is 18.2 Å². The van der Waals surface area contributed by atoms with Crippen molar-refractivity contribution in [1.82, 2.24) is 0 Å². The molecule has 0 amide bonds. The van der Waals surface area contributed by atoms with E-state index in [0.29, 0.717) is 0 Å². The van der Waals surface area contributed by atoms with E-state index in [4.69, 9.17) is 0 Å². The molecular weight excluding hydrogens is 254 g/mol. The summed E-state index contributed by atoms with van der Waals surface area (Å²) in [4.78, 5) is 12.7. The van der Waals surface area contributed by atoms with Crippen molar-refractivity contribution >= 4 is 17.5 Å². The number of benzene rings is 2. The van der Waals surface area contributed by atoms with Crippen LogP contribution in [0.25, 0.3) is 0 Å². The summed E-state index contributed by atoms with van der Waals surface area (Å²) in [5.41, 5.74) is 0.192. The van der Waals surface area contributed by atoms with Crippen LogP contribution < -0.4 is 0 Å². The minimum atomic E-state index is -0.995. The number of halogens is 2. The molecule has 0 bridgehead atoms. The van der Waals surface area contributed by atoms with Crippen LogP contribution in [0.4, 0.5) is 8.78 Å². The number of carbonyl (C=O) groups is 1. The Labute approximate surface area is 108 Å². The Balaban J connectivity index is 2.02. The van der Waals surface area contributed by atoms with Gasteiger partial charge in [0.1, 0.15) is 0 Å². The first kappa shape index (κ1) is 12.8. The first-order valence-electron chi connectivity index (χ1n) is 5.33. The van der Waals surface area contributed by atoms with Crippen molar-refractivity contribution in [2.45, 2.75) is 4.90 Å². The van der Waals surface area contributed by atoms with Gasteiger partial charge in [-0.15, -0.1) is 11.8 Å². The summed E-state index contributed by atoms with van der Waals surface area (Å²) in [6.07, 6.45) is 0. The lowest BCUT2D eigenvalue weighted by atomic mass is 10.1. The summed E-state index contributed by atoms with van der Waals surface area (Å²) in [7, 11) is 0. The fourth-order valence-electron chi connectivity index (χ4n) is 1.42. The highest BCUT2D eigenvalue weighted by molar-refractivity contribution is 8.00. The standard InChI is InChI=1S/C14H10F2OS/c15-12-7-6-10(8-13(12)16)14(17)9-18-11-4-2-1-3-5-11/h1-8H,9H2. The van der Waals surface area contributed by atoms with Gasteiger partial charge in [0.2, 0.25) is 0 Å². The van der Waals surface area contributed by atoms with Crippen molar-refractivity contribution in [2.24, 2.45) is 0 Å². The Bertz CT molecular complexity index is 555. The second-order valence-corrected chi connectivity index (χ2v) is 4.70. The van der Waals surface area contributed by atoms with Gasteiger partial charge < -0.3 is 0 Å². The van der Waals surface area contributed by atoms with Crippen LogP contribution in [-0.4, -0.2) is 11.5 Å². The maximum Gasteiger partial charge on any atom is 0.173 e. The normalized spacial score (nSPS) is 10.3. The lowest BCUT2D eigenvalue weighted by Gasteiger charge is -2.02. The molecule has 0 atom stereocenters. The van der Waals surface area contributed by atoms with Gasteiger partial charge in [-0.25, -0.2) is 8.78 Å². The third kappa shape index (κ3) is 3.17. The average Bonchev–Trinajstić information content (AvgIpc) is 2.40. The van der Waals surface area contributed by atoms with Gasteiger partial charge in [0.25, 0.3) is 0 Å². The van der Waals surface area contributed by atoms with Crippen LogP contribution in [0.15, 0.2) is 53.4 Å². The number of hydrogen-bond donors (Lipinski definition) is 0. The van der Waals surface area contributed by atoms with Crippen molar-refractivity contribution in [3.8, 4) is 0 Å². The van der Waals surface area contributed by atoms with Crippen molar-refractivity contribution in [3.05, 3.63) is 65.7 Å². The molecule has 0 fully saturated rings. The van der Waals surface area contributed by atoms with Crippen LogP contribution in [0.3, 0.4) is 0 Å². The summed E-state index contributed by atoms with van der Waals surface area (Å²) in [5.74, 6) is -1.95. The molecule has 0 aliphatic heterocycles. The number of Topliss-reactive ketones (excluding diaryl/α,β-unsaturated/α-hetero) is 1. The Hall–Kier alpha value is -1.68. The van der Waals surface area contributed by atoms with Crippen LogP contribution in [0.5, 0.6) is 0 Å². The fourth-order valence-corrected chi connectivity index (χ4v) is 2.23. The topological polar surface area (TPSA) is 17.1 Å². The molecule has 0 saturated heterocycles. The quantitative estimate of drug-likeness (QED) is 0.614. The van der Waals surface area contributed by atoms with Gasteiger partial charge in [-0.3, -0.25) is 4.79 Å². The molecule has 0 radical (unpaired) electrons. The van der Waals surface area contributed by atoms with Crippen molar-refractivity contribution < 1.29 is 13.6 Å². The van der Waals surface area contributed by atoms with Gasteiger partial charge in [0.15, 0.2) is 17.4 Å². The summed E-state index contributed by atoms with van der Waals surface area (Å²) in [6, 6.07) is 12.6. The number of carbonyl (C=O) groups excluding carboxylic acids is 1. The molecule has 0 unspecified atom stereocenters. The molecule has 0 aliphatic carbocycles. The first-order chi connectivity index (χ1) is 8.66. The highest BCUT2D eigenvalue weighted by Crippen LogP contribution is 2.19. The Morgan fingerprint density at radius 2 is 1.72 bits per heavy atom. The zero-order valence-corrected chi connectivity index (χ0v) is 10.2. The third-order valence-electron chi connectivity index (χ3n) is 2.35. The Morgan fingerprint density at radius 1 is 1.00 bits per heavy atom. The number of ketones is 1. The fraction of sp³-hybridized carbons (Fsp3) is 0.0714. The van der Waals surface area contributed by atoms with E-state index in [0.717, 1.165) is 17.0 Å². The SMILES string of the molecule is O=C(CSc1ccccc1)c1ccc(F)c(F)c1. The van der Waals surface area contributed by atoms with E-state index < -0.39 is 11.6 Å². The van der Waals surface area contributed by atoms with E-state index in [2.05, 4.69) is 0 Å². The van der Waals surface area contributed by atoms with Crippen LogP contribution >= 0.6 is 11.8 Å². The van der Waals surface area contributed by atoms with E-state index in [1.165, 1.54) is 17.8 Å². The zero-order chi connectivity index (χ0) is 13.0. The molecule has 18 heavy (non-hydrogen) atoms. The molecule has 92 valence electrons. The van der Waals surface area contributed by atoms with E-state index in [-0.39, 0.29) is 17.1 Å². The van der Waals surface area contributed by atoms with Gasteiger partial charge >= 0.3 is 0 Å². The van der Waals surface area contributed by atoms with Crippen molar-refractivity contribution in [3.63, 3.8) is 0 Å². The van der Waals surface area contributed by atoms with Crippen LogP contribution in [0, 0.1) is 11.6 Å². The predicted molar refractivity (Wildman–Crippen MR) is 67.9 cm³/mol. The van der Waals surface area contributed by atoms with Gasteiger partial charge in [0.05, 0.1) is 5.75 Å². The molecule has 0 aliphatic rings. The summed E-state index contributed by atoms with van der Waals surface area (Å²) >= 11 is 1.37. The molecule has 2 aromatic carbocycles. The minimum absolute atomic E-state index is 0.192. The van der Waals surface area contributed by atoms with Gasteiger partial charge in [0, 0.05) is 10.5 Å². The van der Waals surface area contributed by atoms with Gasteiger partial charge in [-0.05, 0) is 30.3 Å². The molecule has 2 rings (SSSR count). The molecule has 2 aromatic rings. The predicted octanol–water partition coefficient (Wildman–Crippen LogP) is 3.94. The molecular formula is C14H10F2OS. The Kier molecular flexibility index (Phi) is 4.10. The van der Waals surface area contributed by atoms with Crippen LogP contribution in [0.1, 0.15) is 10.4 Å². The van der Waals surface area contributed by atoms with Crippen molar-refractivity contribution in [2.75, 3.05) is 5.75 Å². The number of thioether (sulfide) groups is 1. The van der Waals surface area contributed by atoms with E-state index >= 15 is 0 Å². The van der Waals surface area contributed by atoms with Crippen LogP contribution in [-0.2, 0) is 0 Å². The highest BCUT2D eigenvalue weighted by Gasteiger charge is 2.10. The molecule has 0 spiro atoms. The maximum absolute atomic E-state index is 13.0. The third-order valence-corrected chi connectivity index (χ3v) is 3.37.